The minimum atomic E-state index is -4.46. The number of hydrogen-bond donors (Lipinski definition) is 1. The first kappa shape index (κ1) is 13.2. The molecule has 1 atom stereocenters. The van der Waals surface area contributed by atoms with Crippen molar-refractivity contribution < 1.29 is 27.8 Å². The van der Waals surface area contributed by atoms with Crippen LogP contribution in [0.4, 0.5) is 13.2 Å². The Morgan fingerprint density at radius 1 is 1.56 bits per heavy atom. The minimum absolute atomic E-state index is 0.0412. The molecule has 1 saturated heterocycles. The summed E-state index contributed by atoms with van der Waals surface area (Å²) in [5, 5.41) is 8.51. The molecule has 94 valence electrons. The summed E-state index contributed by atoms with van der Waals surface area (Å²) in [6, 6.07) is 0. The molecule has 0 bridgehead atoms. The normalized spacial score (nSPS) is 27.2. The lowest BCUT2D eigenvalue weighted by atomic mass is 10.0. The second-order valence-electron chi connectivity index (χ2n) is 3.78. The van der Waals surface area contributed by atoms with Gasteiger partial charge in [0, 0.05) is 19.7 Å². The molecule has 1 fully saturated rings. The Morgan fingerprint density at radius 3 is 2.62 bits per heavy atom. The zero-order valence-electron chi connectivity index (χ0n) is 8.88. The summed E-state index contributed by atoms with van der Waals surface area (Å²) in [5.74, 6) is -1.13. The number of halogens is 3. The molecule has 1 rings (SSSR count). The monoisotopic (exact) mass is 241 g/mol. The van der Waals surface area contributed by atoms with Crippen LogP contribution in [0.5, 0.6) is 0 Å². The molecule has 1 aliphatic rings. The van der Waals surface area contributed by atoms with Crippen LogP contribution in [-0.2, 0) is 9.53 Å². The highest BCUT2D eigenvalue weighted by Crippen LogP contribution is 2.40. The van der Waals surface area contributed by atoms with Crippen molar-refractivity contribution >= 4 is 5.97 Å². The van der Waals surface area contributed by atoms with E-state index in [9.17, 15) is 18.0 Å². The molecule has 1 aliphatic heterocycles. The lowest BCUT2D eigenvalue weighted by molar-refractivity contribution is -0.271. The lowest BCUT2D eigenvalue weighted by Gasteiger charge is -2.31. The van der Waals surface area contributed by atoms with Gasteiger partial charge in [-0.15, -0.1) is 0 Å². The van der Waals surface area contributed by atoms with Crippen LogP contribution in [0.1, 0.15) is 13.3 Å². The van der Waals surface area contributed by atoms with Crippen LogP contribution in [0.25, 0.3) is 0 Å². The minimum Gasteiger partial charge on any atom is -0.480 e. The number of rotatable bonds is 4. The van der Waals surface area contributed by atoms with Gasteiger partial charge in [-0.05, 0) is 13.3 Å². The summed E-state index contributed by atoms with van der Waals surface area (Å²) in [4.78, 5) is 11.7. The maximum atomic E-state index is 12.8. The summed E-state index contributed by atoms with van der Waals surface area (Å²) >= 11 is 0. The van der Waals surface area contributed by atoms with Gasteiger partial charge in [0.2, 0.25) is 0 Å². The highest BCUT2D eigenvalue weighted by molar-refractivity contribution is 5.69. The summed E-state index contributed by atoms with van der Waals surface area (Å²) in [5.41, 5.74) is -2.20. The van der Waals surface area contributed by atoms with E-state index in [1.807, 2.05) is 0 Å². The van der Waals surface area contributed by atoms with Gasteiger partial charge in [0.25, 0.3) is 0 Å². The Morgan fingerprint density at radius 2 is 2.19 bits per heavy atom. The van der Waals surface area contributed by atoms with Crippen LogP contribution >= 0.6 is 0 Å². The van der Waals surface area contributed by atoms with Crippen LogP contribution in [0.3, 0.4) is 0 Å². The molecule has 7 heteroatoms. The summed E-state index contributed by atoms with van der Waals surface area (Å²) in [6.45, 7) is 0.751. The molecular weight excluding hydrogens is 227 g/mol. The van der Waals surface area contributed by atoms with E-state index in [2.05, 4.69) is 0 Å². The Labute approximate surface area is 91.0 Å². The van der Waals surface area contributed by atoms with E-state index in [0.29, 0.717) is 0 Å². The standard InChI is InChI=1S/C9H14F3NO3/c1-2-16-8(9(10,11)12)3-4-13(6-8)5-7(14)15/h2-6H2,1H3,(H,14,15). The lowest BCUT2D eigenvalue weighted by Crippen LogP contribution is -2.50. The van der Waals surface area contributed by atoms with Gasteiger partial charge in [-0.3, -0.25) is 9.69 Å². The SMILES string of the molecule is CCOC1(C(F)(F)F)CCN(CC(=O)O)C1. The van der Waals surface area contributed by atoms with Crippen molar-refractivity contribution in [2.24, 2.45) is 0 Å². The number of aliphatic carboxylic acids is 1. The molecule has 16 heavy (non-hydrogen) atoms. The van der Waals surface area contributed by atoms with Gasteiger partial charge in [-0.2, -0.15) is 13.2 Å². The average Bonchev–Trinajstić information content (AvgIpc) is 2.48. The third-order valence-corrected chi connectivity index (χ3v) is 2.61. The van der Waals surface area contributed by atoms with E-state index >= 15 is 0 Å². The van der Waals surface area contributed by atoms with Gasteiger partial charge in [0.1, 0.15) is 0 Å². The van der Waals surface area contributed by atoms with Crippen LogP contribution in [0.2, 0.25) is 0 Å². The van der Waals surface area contributed by atoms with Gasteiger partial charge in [0.05, 0.1) is 6.54 Å². The zero-order valence-corrected chi connectivity index (χ0v) is 8.88. The summed E-state index contributed by atoms with van der Waals surface area (Å²) < 4.78 is 43.3. The number of likely N-dealkylation sites (tertiary alicyclic amines) is 1. The van der Waals surface area contributed by atoms with Gasteiger partial charge in [-0.25, -0.2) is 0 Å². The van der Waals surface area contributed by atoms with Gasteiger partial charge >= 0.3 is 12.1 Å². The second kappa shape index (κ2) is 4.58. The summed E-state index contributed by atoms with van der Waals surface area (Å²) in [6.07, 6.45) is -4.67. The zero-order chi connectivity index (χ0) is 12.4. The maximum absolute atomic E-state index is 12.8. The van der Waals surface area contributed by atoms with Crippen molar-refractivity contribution in [1.82, 2.24) is 4.90 Å². The predicted octanol–water partition coefficient (Wildman–Crippen LogP) is 1.11. The molecule has 0 aliphatic carbocycles. The van der Waals surface area contributed by atoms with E-state index in [1.54, 1.807) is 0 Å². The fourth-order valence-corrected chi connectivity index (χ4v) is 1.89. The number of carboxylic acid groups (broad SMARTS) is 1. The topological polar surface area (TPSA) is 49.8 Å². The average molecular weight is 241 g/mol. The highest BCUT2D eigenvalue weighted by Gasteiger charge is 2.59. The van der Waals surface area contributed by atoms with Crippen LogP contribution < -0.4 is 0 Å². The third-order valence-electron chi connectivity index (χ3n) is 2.61. The Balaban J connectivity index is 2.72. The Kier molecular flexibility index (Phi) is 3.80. The molecule has 1 unspecified atom stereocenters. The third kappa shape index (κ3) is 2.65. The quantitative estimate of drug-likeness (QED) is 0.801. The number of carbonyl (C=O) groups is 1. The first-order valence-corrected chi connectivity index (χ1v) is 4.95. The molecule has 0 aromatic heterocycles. The summed E-state index contributed by atoms with van der Waals surface area (Å²) in [7, 11) is 0. The molecule has 1 N–H and O–H groups in total. The van der Waals surface area contributed by atoms with Gasteiger partial charge in [0.15, 0.2) is 5.60 Å². The maximum Gasteiger partial charge on any atom is 0.418 e. The molecule has 0 aromatic rings. The molecule has 0 amide bonds. The molecule has 0 aromatic carbocycles. The number of alkyl halides is 3. The van der Waals surface area contributed by atoms with Crippen LogP contribution in [0.15, 0.2) is 0 Å². The molecular formula is C9H14F3NO3. The molecule has 1 heterocycles. The number of carboxylic acids is 1. The van der Waals surface area contributed by atoms with Crippen molar-refractivity contribution in [3.63, 3.8) is 0 Å². The smallest absolute Gasteiger partial charge is 0.418 e. The van der Waals surface area contributed by atoms with E-state index in [-0.39, 0.29) is 26.1 Å². The van der Waals surface area contributed by atoms with Gasteiger partial charge in [-0.1, -0.05) is 0 Å². The van der Waals surface area contributed by atoms with Crippen LogP contribution in [-0.4, -0.2) is 54.0 Å². The highest BCUT2D eigenvalue weighted by atomic mass is 19.4. The molecule has 4 nitrogen and oxygen atoms in total. The second-order valence-corrected chi connectivity index (χ2v) is 3.78. The van der Waals surface area contributed by atoms with Crippen molar-refractivity contribution in [2.75, 3.05) is 26.2 Å². The largest absolute Gasteiger partial charge is 0.480 e. The van der Waals surface area contributed by atoms with E-state index in [4.69, 9.17) is 9.84 Å². The first-order valence-electron chi connectivity index (χ1n) is 4.95. The molecule has 0 saturated carbocycles. The van der Waals surface area contributed by atoms with Crippen molar-refractivity contribution in [3.8, 4) is 0 Å². The van der Waals surface area contributed by atoms with E-state index < -0.39 is 24.3 Å². The van der Waals surface area contributed by atoms with E-state index in [1.165, 1.54) is 11.8 Å². The molecule has 0 spiro atoms. The molecule has 0 radical (unpaired) electrons. The Bertz CT molecular complexity index is 269. The van der Waals surface area contributed by atoms with E-state index in [0.717, 1.165) is 0 Å². The number of ether oxygens (including phenoxy) is 1. The predicted molar refractivity (Wildman–Crippen MR) is 49.1 cm³/mol. The van der Waals surface area contributed by atoms with Crippen molar-refractivity contribution in [3.05, 3.63) is 0 Å². The van der Waals surface area contributed by atoms with Crippen molar-refractivity contribution in [1.29, 1.82) is 0 Å². The van der Waals surface area contributed by atoms with Crippen molar-refractivity contribution in [2.45, 2.75) is 25.1 Å². The first-order chi connectivity index (χ1) is 7.31. The van der Waals surface area contributed by atoms with Crippen LogP contribution in [0, 0.1) is 0 Å². The Hall–Kier alpha value is -0.820. The number of nitrogens with zero attached hydrogens (tertiary/aromatic N) is 1. The fraction of sp³-hybridized carbons (Fsp3) is 0.889. The fourth-order valence-electron chi connectivity index (χ4n) is 1.89. The van der Waals surface area contributed by atoms with Gasteiger partial charge < -0.3 is 9.84 Å². The number of hydrogen-bond acceptors (Lipinski definition) is 3.